The quantitative estimate of drug-likeness (QED) is 0.566. The summed E-state index contributed by atoms with van der Waals surface area (Å²) in [7, 11) is 0. The summed E-state index contributed by atoms with van der Waals surface area (Å²) in [6.45, 7) is 3.07. The standard InChI is InChI=1S/C21H30O2/c1-5-6-7-8-15-12-18(22)20-16-11-14(2)9-10-17(16)21(3,4)23-19(20)13-15/h11-13,16-17,22H,5-10H2,1-4H3/t16-,17-/m1/s1/i2D3,9D2,16D. The van der Waals surface area contributed by atoms with E-state index in [4.69, 9.17) is 11.6 Å². The molecule has 1 heterocycles. The van der Waals surface area contributed by atoms with Crippen LogP contribution >= 0.6 is 0 Å². The Hall–Kier alpha value is -1.44. The molecule has 126 valence electrons. The summed E-state index contributed by atoms with van der Waals surface area (Å²) in [5, 5.41) is 10.8. The highest BCUT2D eigenvalue weighted by atomic mass is 16.5. The van der Waals surface area contributed by atoms with Crippen LogP contribution < -0.4 is 4.74 Å². The summed E-state index contributed by atoms with van der Waals surface area (Å²) in [6, 6.07) is 3.47. The number of hydrogen-bond donors (Lipinski definition) is 1. The van der Waals surface area contributed by atoms with Crippen molar-refractivity contribution in [3.05, 3.63) is 34.9 Å². The summed E-state index contributed by atoms with van der Waals surface area (Å²) >= 11 is 0. The molecule has 2 heteroatoms. The molecule has 1 aliphatic carbocycles. The number of benzene rings is 1. The van der Waals surface area contributed by atoms with Gasteiger partial charge in [0.2, 0.25) is 0 Å². The number of allylic oxidation sites excluding steroid dienone is 2. The van der Waals surface area contributed by atoms with Gasteiger partial charge in [-0.3, -0.25) is 0 Å². The molecule has 0 bridgehead atoms. The molecule has 2 nitrogen and oxygen atoms in total. The second-order valence-corrected chi connectivity index (χ2v) is 7.10. The Bertz CT molecular complexity index is 827. The van der Waals surface area contributed by atoms with Crippen LogP contribution in [0.3, 0.4) is 0 Å². The molecule has 2 atom stereocenters. The van der Waals surface area contributed by atoms with Crippen LogP contribution in [0.1, 0.15) is 84.9 Å². The van der Waals surface area contributed by atoms with Gasteiger partial charge in [0.05, 0.1) is 0 Å². The second-order valence-electron chi connectivity index (χ2n) is 7.10. The van der Waals surface area contributed by atoms with E-state index in [0.717, 1.165) is 31.2 Å². The van der Waals surface area contributed by atoms with Crippen LogP contribution in [0.4, 0.5) is 0 Å². The lowest BCUT2D eigenvalue weighted by Crippen LogP contribution is -2.45. The summed E-state index contributed by atoms with van der Waals surface area (Å²) in [5.41, 5.74) is -0.115. The number of ether oxygens (including phenoxy) is 1. The minimum atomic E-state index is -2.65. The van der Waals surface area contributed by atoms with Gasteiger partial charge < -0.3 is 9.84 Å². The fourth-order valence-corrected chi connectivity index (χ4v) is 3.60. The Kier molecular flexibility index (Phi) is 2.82. The van der Waals surface area contributed by atoms with E-state index in [2.05, 4.69) is 6.92 Å². The zero-order valence-electron chi connectivity index (χ0n) is 20.2. The van der Waals surface area contributed by atoms with E-state index in [1.54, 1.807) is 19.9 Å². The van der Waals surface area contributed by atoms with E-state index in [9.17, 15) is 6.48 Å². The van der Waals surface area contributed by atoms with Crippen LogP contribution in [0.25, 0.3) is 0 Å². The molecule has 0 unspecified atom stereocenters. The maximum atomic E-state index is 10.8. The van der Waals surface area contributed by atoms with Gasteiger partial charge in [-0.05, 0) is 64.0 Å². The van der Waals surface area contributed by atoms with Gasteiger partial charge in [0, 0.05) is 25.6 Å². The lowest BCUT2D eigenvalue weighted by atomic mass is 9.68. The molecule has 23 heavy (non-hydrogen) atoms. The first-order chi connectivity index (χ1) is 13.2. The van der Waals surface area contributed by atoms with Gasteiger partial charge in [0.1, 0.15) is 17.1 Å². The maximum absolute atomic E-state index is 10.8. The largest absolute Gasteiger partial charge is 0.507 e. The number of hydrogen-bond acceptors (Lipinski definition) is 2. The molecule has 3 rings (SSSR count). The van der Waals surface area contributed by atoms with Gasteiger partial charge >= 0.3 is 0 Å². The summed E-state index contributed by atoms with van der Waals surface area (Å²) in [6.07, 6.45) is 2.91. The van der Waals surface area contributed by atoms with Gasteiger partial charge in [0.25, 0.3) is 0 Å². The van der Waals surface area contributed by atoms with E-state index in [0.29, 0.717) is 5.75 Å². The Morgan fingerprint density at radius 1 is 1.43 bits per heavy atom. The molecule has 1 aliphatic heterocycles. The molecule has 1 aromatic carbocycles. The normalized spacial score (nSPS) is 34.9. The topological polar surface area (TPSA) is 29.5 Å². The number of rotatable bonds is 4. The van der Waals surface area contributed by atoms with Gasteiger partial charge in [-0.1, -0.05) is 31.4 Å². The molecule has 0 fully saturated rings. The van der Waals surface area contributed by atoms with E-state index in [1.807, 2.05) is 6.07 Å². The fraction of sp³-hybridized carbons (Fsp3) is 0.619. The highest BCUT2D eigenvalue weighted by Crippen LogP contribution is 2.53. The van der Waals surface area contributed by atoms with E-state index in [1.165, 1.54) is 6.08 Å². The SMILES string of the molecule is [2H]C([2H])([2H])C1=C[C@@]2([2H])c3c(O)cc(CCCCC)cc3OC(C)(C)[C@@H]2CC1([2H])[2H]. The number of aromatic hydroxyl groups is 1. The minimum absolute atomic E-state index is 0.0897. The first-order valence-electron chi connectivity index (χ1n) is 11.5. The molecule has 1 aromatic rings. The monoisotopic (exact) mass is 320 g/mol. The lowest BCUT2D eigenvalue weighted by molar-refractivity contribution is 0.0107. The predicted octanol–water partition coefficient (Wildman–Crippen LogP) is 5.74. The highest BCUT2D eigenvalue weighted by Gasteiger charge is 2.45. The third kappa shape index (κ3) is 3.13. The van der Waals surface area contributed by atoms with Crippen molar-refractivity contribution in [2.45, 2.75) is 77.6 Å². The first kappa shape index (κ1) is 10.4. The van der Waals surface area contributed by atoms with Crippen molar-refractivity contribution in [3.63, 3.8) is 0 Å². The molecule has 0 aromatic heterocycles. The zero-order valence-corrected chi connectivity index (χ0v) is 14.2. The summed E-state index contributed by atoms with van der Waals surface area (Å²) in [5.74, 6) is -1.94. The number of unbranched alkanes of at least 4 members (excludes halogenated alkanes) is 2. The first-order valence-corrected chi connectivity index (χ1v) is 8.51. The molecular weight excluding hydrogens is 284 g/mol. The van der Waals surface area contributed by atoms with Crippen molar-refractivity contribution in [1.29, 1.82) is 0 Å². The molecule has 0 spiro atoms. The van der Waals surface area contributed by atoms with Crippen LogP contribution in [0.5, 0.6) is 11.5 Å². The van der Waals surface area contributed by atoms with Crippen molar-refractivity contribution < 1.29 is 18.1 Å². The van der Waals surface area contributed by atoms with Gasteiger partial charge in [-0.15, -0.1) is 0 Å². The number of aryl methyl sites for hydroxylation is 1. The summed E-state index contributed by atoms with van der Waals surface area (Å²) in [4.78, 5) is 0. The van der Waals surface area contributed by atoms with E-state index >= 15 is 0 Å². The smallest absolute Gasteiger partial charge is 0.127 e. The Morgan fingerprint density at radius 3 is 3.00 bits per heavy atom. The molecule has 1 N–H and O–H groups in total. The Morgan fingerprint density at radius 2 is 2.26 bits per heavy atom. The van der Waals surface area contributed by atoms with E-state index in [-0.39, 0.29) is 23.3 Å². The second kappa shape index (κ2) is 6.22. The molecule has 2 aliphatic rings. The average molecular weight is 321 g/mol. The Labute approximate surface area is 149 Å². The third-order valence-electron chi connectivity index (χ3n) is 4.88. The average Bonchev–Trinajstić information content (AvgIpc) is 2.54. The van der Waals surface area contributed by atoms with Gasteiger partial charge in [-0.2, -0.15) is 0 Å². The minimum Gasteiger partial charge on any atom is -0.507 e. The lowest BCUT2D eigenvalue weighted by Gasteiger charge is -2.46. The highest BCUT2D eigenvalue weighted by molar-refractivity contribution is 5.53. The zero-order chi connectivity index (χ0) is 21.8. The maximum Gasteiger partial charge on any atom is 0.127 e. The molecule has 0 saturated heterocycles. The number of phenolic OH excluding ortho intramolecular Hbond substituents is 1. The fourth-order valence-electron chi connectivity index (χ4n) is 3.60. The summed E-state index contributed by atoms with van der Waals surface area (Å²) < 4.78 is 55.4. The molecular formula is C21H30O2. The van der Waals surface area contributed by atoms with Crippen molar-refractivity contribution in [3.8, 4) is 11.5 Å². The Balaban J connectivity index is 2.18. The van der Waals surface area contributed by atoms with Crippen LogP contribution in [0, 0.1) is 5.92 Å². The van der Waals surface area contributed by atoms with E-state index < -0.39 is 30.6 Å². The number of fused-ring (bicyclic) bond motifs is 3. The van der Waals surface area contributed by atoms with Crippen LogP contribution in [0.15, 0.2) is 23.8 Å². The third-order valence-corrected chi connectivity index (χ3v) is 4.88. The number of phenols is 1. The van der Waals surface area contributed by atoms with Crippen molar-refractivity contribution >= 4 is 0 Å². The van der Waals surface area contributed by atoms with Crippen LogP contribution in [-0.4, -0.2) is 10.7 Å². The van der Waals surface area contributed by atoms with Gasteiger partial charge in [-0.25, -0.2) is 0 Å². The molecule has 0 amide bonds. The van der Waals surface area contributed by atoms with Crippen molar-refractivity contribution in [1.82, 2.24) is 0 Å². The van der Waals surface area contributed by atoms with Crippen molar-refractivity contribution in [2.75, 3.05) is 0 Å². The van der Waals surface area contributed by atoms with Crippen LogP contribution in [0.2, 0.25) is 0 Å². The van der Waals surface area contributed by atoms with Gasteiger partial charge in [0.15, 0.2) is 0 Å². The molecule has 0 saturated carbocycles. The van der Waals surface area contributed by atoms with Crippen LogP contribution in [-0.2, 0) is 6.42 Å². The predicted molar refractivity (Wildman–Crippen MR) is 95.3 cm³/mol. The molecule has 0 radical (unpaired) electrons. The van der Waals surface area contributed by atoms with Crippen molar-refractivity contribution in [2.24, 2.45) is 5.92 Å².